The minimum absolute atomic E-state index is 0.0104. The highest BCUT2D eigenvalue weighted by molar-refractivity contribution is 6.33. The smallest absolute Gasteiger partial charge is 0.306 e. The van der Waals surface area contributed by atoms with Gasteiger partial charge in [0.05, 0.1) is 23.6 Å². The van der Waals surface area contributed by atoms with Crippen LogP contribution in [0.2, 0.25) is 5.02 Å². The van der Waals surface area contributed by atoms with Gasteiger partial charge in [-0.3, -0.25) is 9.59 Å². The Hall–Kier alpha value is -1.55. The summed E-state index contributed by atoms with van der Waals surface area (Å²) in [7, 11) is 0. The van der Waals surface area contributed by atoms with Gasteiger partial charge in [-0.2, -0.15) is 0 Å². The fraction of sp³-hybridized carbons (Fsp3) is 0.200. The molecule has 0 unspecified atom stereocenters. The number of aliphatic carboxylic acids is 1. The van der Waals surface area contributed by atoms with E-state index in [1.54, 1.807) is 18.2 Å². The second kappa shape index (κ2) is 5.36. The molecular weight excluding hydrogens is 220 g/mol. The minimum atomic E-state index is -0.954. The standard InChI is InChI=1S/C10H9ClO4/c11-8-2-1-3-9(7(8)6-12)15-5-4-10(13)14/h1-3,6H,4-5H2,(H,13,14). The number of ether oxygens (including phenoxy) is 1. The Labute approximate surface area is 91.4 Å². The lowest BCUT2D eigenvalue weighted by atomic mass is 10.2. The summed E-state index contributed by atoms with van der Waals surface area (Å²) < 4.78 is 5.12. The highest BCUT2D eigenvalue weighted by Crippen LogP contribution is 2.24. The highest BCUT2D eigenvalue weighted by atomic mass is 35.5. The Bertz CT molecular complexity index is 376. The molecule has 5 heteroatoms. The van der Waals surface area contributed by atoms with E-state index in [0.29, 0.717) is 12.0 Å². The number of aldehydes is 1. The van der Waals surface area contributed by atoms with Gasteiger partial charge >= 0.3 is 5.97 Å². The molecule has 4 nitrogen and oxygen atoms in total. The summed E-state index contributed by atoms with van der Waals surface area (Å²) in [5.41, 5.74) is 0.240. The van der Waals surface area contributed by atoms with Crippen molar-refractivity contribution in [2.75, 3.05) is 6.61 Å². The normalized spacial score (nSPS) is 9.67. The third-order valence-corrected chi connectivity index (χ3v) is 2.03. The van der Waals surface area contributed by atoms with Crippen molar-refractivity contribution in [2.24, 2.45) is 0 Å². The molecule has 0 saturated carbocycles. The van der Waals surface area contributed by atoms with Gasteiger partial charge in [0.25, 0.3) is 0 Å². The topological polar surface area (TPSA) is 63.6 Å². The summed E-state index contributed by atoms with van der Waals surface area (Å²) in [6, 6.07) is 4.76. The molecule has 1 rings (SSSR count). The van der Waals surface area contributed by atoms with E-state index in [4.69, 9.17) is 21.4 Å². The number of rotatable bonds is 5. The lowest BCUT2D eigenvalue weighted by Crippen LogP contribution is -2.06. The monoisotopic (exact) mass is 228 g/mol. The van der Waals surface area contributed by atoms with E-state index in [2.05, 4.69) is 0 Å². The molecule has 0 aromatic heterocycles. The molecular formula is C10H9ClO4. The number of carbonyl (C=O) groups excluding carboxylic acids is 1. The molecule has 15 heavy (non-hydrogen) atoms. The maximum Gasteiger partial charge on any atom is 0.306 e. The van der Waals surface area contributed by atoms with Gasteiger partial charge in [0.15, 0.2) is 6.29 Å². The van der Waals surface area contributed by atoms with Gasteiger partial charge in [-0.15, -0.1) is 0 Å². The molecule has 0 radical (unpaired) electrons. The molecule has 1 aromatic rings. The number of halogens is 1. The average Bonchev–Trinajstić information content (AvgIpc) is 2.17. The number of hydrogen-bond acceptors (Lipinski definition) is 3. The van der Waals surface area contributed by atoms with Crippen molar-refractivity contribution in [1.82, 2.24) is 0 Å². The summed E-state index contributed by atoms with van der Waals surface area (Å²) in [5, 5.41) is 8.69. The van der Waals surface area contributed by atoms with Crippen LogP contribution in [0.25, 0.3) is 0 Å². The number of hydrogen-bond donors (Lipinski definition) is 1. The Kier molecular flexibility index (Phi) is 4.12. The maximum absolute atomic E-state index is 10.7. The van der Waals surface area contributed by atoms with E-state index in [0.717, 1.165) is 0 Å². The van der Waals surface area contributed by atoms with Gasteiger partial charge in [0.1, 0.15) is 5.75 Å². The number of benzene rings is 1. The van der Waals surface area contributed by atoms with Crippen molar-refractivity contribution in [2.45, 2.75) is 6.42 Å². The first-order valence-electron chi connectivity index (χ1n) is 4.23. The Morgan fingerprint density at radius 1 is 1.53 bits per heavy atom. The molecule has 80 valence electrons. The average molecular weight is 229 g/mol. The van der Waals surface area contributed by atoms with Crippen LogP contribution in [-0.2, 0) is 4.79 Å². The van der Waals surface area contributed by atoms with Crippen molar-refractivity contribution in [3.8, 4) is 5.75 Å². The number of carboxylic acid groups (broad SMARTS) is 1. The number of carbonyl (C=O) groups is 2. The second-order valence-electron chi connectivity index (χ2n) is 2.76. The lowest BCUT2D eigenvalue weighted by Gasteiger charge is -2.07. The van der Waals surface area contributed by atoms with Gasteiger partial charge in [0, 0.05) is 0 Å². The van der Waals surface area contributed by atoms with E-state index >= 15 is 0 Å². The molecule has 0 aliphatic heterocycles. The molecule has 0 spiro atoms. The molecule has 0 fully saturated rings. The zero-order valence-corrected chi connectivity index (χ0v) is 8.53. The second-order valence-corrected chi connectivity index (χ2v) is 3.17. The Morgan fingerprint density at radius 2 is 2.27 bits per heavy atom. The first-order chi connectivity index (χ1) is 7.15. The van der Waals surface area contributed by atoms with Gasteiger partial charge in [-0.05, 0) is 12.1 Å². The quantitative estimate of drug-likeness (QED) is 0.783. The minimum Gasteiger partial charge on any atom is -0.492 e. The van der Waals surface area contributed by atoms with Crippen LogP contribution in [0.5, 0.6) is 5.75 Å². The van der Waals surface area contributed by atoms with E-state index in [-0.39, 0.29) is 23.6 Å². The molecule has 0 amide bonds. The van der Waals surface area contributed by atoms with Gasteiger partial charge in [-0.1, -0.05) is 17.7 Å². The van der Waals surface area contributed by atoms with Gasteiger partial charge in [-0.25, -0.2) is 0 Å². The molecule has 0 saturated heterocycles. The third-order valence-electron chi connectivity index (χ3n) is 1.70. The largest absolute Gasteiger partial charge is 0.492 e. The molecule has 0 bridgehead atoms. The summed E-state index contributed by atoms with van der Waals surface area (Å²) in [4.78, 5) is 20.9. The van der Waals surface area contributed by atoms with E-state index in [9.17, 15) is 9.59 Å². The zero-order chi connectivity index (χ0) is 11.3. The van der Waals surface area contributed by atoms with Crippen molar-refractivity contribution >= 4 is 23.9 Å². The predicted octanol–water partition coefficient (Wildman–Crippen LogP) is 2.01. The van der Waals surface area contributed by atoms with E-state index in [1.165, 1.54) is 0 Å². The Morgan fingerprint density at radius 3 is 2.87 bits per heavy atom. The fourth-order valence-corrected chi connectivity index (χ4v) is 1.22. The van der Waals surface area contributed by atoms with Gasteiger partial charge < -0.3 is 9.84 Å². The molecule has 0 atom stereocenters. The molecule has 0 aliphatic carbocycles. The lowest BCUT2D eigenvalue weighted by molar-refractivity contribution is -0.137. The SMILES string of the molecule is O=Cc1c(Cl)cccc1OCCC(=O)O. The third kappa shape index (κ3) is 3.25. The van der Waals surface area contributed by atoms with Crippen molar-refractivity contribution < 1.29 is 19.4 Å². The zero-order valence-electron chi connectivity index (χ0n) is 7.77. The van der Waals surface area contributed by atoms with Crippen LogP contribution in [0.15, 0.2) is 18.2 Å². The van der Waals surface area contributed by atoms with Gasteiger partial charge in [0.2, 0.25) is 0 Å². The predicted molar refractivity (Wildman–Crippen MR) is 54.6 cm³/mol. The first kappa shape index (κ1) is 11.5. The van der Waals surface area contributed by atoms with Crippen LogP contribution in [0.1, 0.15) is 16.8 Å². The fourth-order valence-electron chi connectivity index (χ4n) is 1.01. The molecule has 0 heterocycles. The summed E-state index contributed by atoms with van der Waals surface area (Å²) in [5.74, 6) is -0.650. The Balaban J connectivity index is 2.72. The maximum atomic E-state index is 10.7. The van der Waals surface area contributed by atoms with Crippen molar-refractivity contribution in [3.63, 3.8) is 0 Å². The van der Waals surface area contributed by atoms with Crippen LogP contribution in [0.4, 0.5) is 0 Å². The number of carboxylic acids is 1. The molecule has 1 N–H and O–H groups in total. The van der Waals surface area contributed by atoms with Crippen LogP contribution >= 0.6 is 11.6 Å². The molecule has 0 aliphatic rings. The van der Waals surface area contributed by atoms with Crippen molar-refractivity contribution in [3.05, 3.63) is 28.8 Å². The van der Waals surface area contributed by atoms with Crippen LogP contribution in [-0.4, -0.2) is 24.0 Å². The molecule has 1 aromatic carbocycles. The van der Waals surface area contributed by atoms with Crippen LogP contribution < -0.4 is 4.74 Å². The van der Waals surface area contributed by atoms with E-state index in [1.807, 2.05) is 0 Å². The first-order valence-corrected chi connectivity index (χ1v) is 4.61. The van der Waals surface area contributed by atoms with Crippen molar-refractivity contribution in [1.29, 1.82) is 0 Å². The van der Waals surface area contributed by atoms with E-state index < -0.39 is 5.97 Å². The summed E-state index contributed by atoms with van der Waals surface area (Å²) >= 11 is 5.74. The summed E-state index contributed by atoms with van der Waals surface area (Å²) in [6.07, 6.45) is 0.462. The highest BCUT2D eigenvalue weighted by Gasteiger charge is 2.07. The van der Waals surface area contributed by atoms with Crippen LogP contribution in [0.3, 0.4) is 0 Å². The van der Waals surface area contributed by atoms with Crippen LogP contribution in [0, 0.1) is 0 Å². The summed E-state index contributed by atoms with van der Waals surface area (Å²) in [6.45, 7) is 0.0104.